The van der Waals surface area contributed by atoms with Gasteiger partial charge in [0, 0.05) is 12.2 Å². The predicted octanol–water partition coefficient (Wildman–Crippen LogP) is 2.62. The first-order valence-electron chi connectivity index (χ1n) is 3.34. The van der Waals surface area contributed by atoms with Crippen LogP contribution in [0.5, 0.6) is 0 Å². The molecule has 1 aromatic heterocycles. The molecular weight excluding hydrogens is 183 g/mol. The van der Waals surface area contributed by atoms with Gasteiger partial charge >= 0.3 is 0 Å². The van der Waals surface area contributed by atoms with Crippen LogP contribution in [0.25, 0.3) is 0 Å². The van der Waals surface area contributed by atoms with Crippen LogP contribution in [0.1, 0.15) is 25.6 Å². The summed E-state index contributed by atoms with van der Waals surface area (Å²) < 4.78 is 1.92. The molecule has 1 heterocycles. The molecule has 0 fully saturated rings. The van der Waals surface area contributed by atoms with Gasteiger partial charge in [0.1, 0.15) is 0 Å². The van der Waals surface area contributed by atoms with E-state index in [1.807, 2.05) is 10.7 Å². The number of hydrogen-bond donors (Lipinski definition) is 0. The minimum Gasteiger partial charge on any atom is -0.266 e. The number of aromatic nitrogens is 2. The van der Waals surface area contributed by atoms with Crippen molar-refractivity contribution < 1.29 is 0 Å². The molecule has 1 rings (SSSR count). The third kappa shape index (κ3) is 2.38. The van der Waals surface area contributed by atoms with Crippen molar-refractivity contribution in [1.82, 2.24) is 9.78 Å². The molecule has 0 radical (unpaired) electrons. The maximum atomic E-state index is 5.66. The van der Waals surface area contributed by atoms with E-state index in [-0.39, 0.29) is 12.4 Å². The highest BCUT2D eigenvalue weighted by Gasteiger charge is 2.02. The van der Waals surface area contributed by atoms with Crippen molar-refractivity contribution >= 4 is 24.0 Å². The van der Waals surface area contributed by atoms with E-state index in [1.54, 1.807) is 6.20 Å². The molecule has 0 amide bonds. The number of nitrogens with zero attached hydrogens (tertiary/aromatic N) is 2. The maximum Gasteiger partial charge on any atom is 0.0644 e. The Kier molecular flexibility index (Phi) is 4.54. The minimum absolute atomic E-state index is 0. The molecule has 2 nitrogen and oxygen atoms in total. The van der Waals surface area contributed by atoms with Crippen LogP contribution in [-0.4, -0.2) is 9.78 Å². The lowest BCUT2D eigenvalue weighted by atomic mass is 10.4. The summed E-state index contributed by atoms with van der Waals surface area (Å²) in [5, 5.41) is 4.12. The van der Waals surface area contributed by atoms with Crippen LogP contribution < -0.4 is 0 Å². The zero-order valence-electron chi connectivity index (χ0n) is 6.62. The summed E-state index contributed by atoms with van der Waals surface area (Å²) in [6.07, 6.45) is 1.78. The van der Waals surface area contributed by atoms with Crippen molar-refractivity contribution in [3.05, 3.63) is 18.0 Å². The number of alkyl halides is 1. The lowest BCUT2D eigenvalue weighted by Gasteiger charge is -2.07. The lowest BCUT2D eigenvalue weighted by molar-refractivity contribution is 0.517. The highest BCUT2D eigenvalue weighted by molar-refractivity contribution is 6.16. The molecule has 0 spiro atoms. The molecule has 0 aliphatic rings. The van der Waals surface area contributed by atoms with Gasteiger partial charge in [-0.05, 0) is 19.9 Å². The zero-order chi connectivity index (χ0) is 7.56. The van der Waals surface area contributed by atoms with Gasteiger partial charge in [-0.3, -0.25) is 4.68 Å². The average molecular weight is 195 g/mol. The van der Waals surface area contributed by atoms with Gasteiger partial charge < -0.3 is 0 Å². The van der Waals surface area contributed by atoms with Crippen molar-refractivity contribution in [2.45, 2.75) is 25.8 Å². The van der Waals surface area contributed by atoms with Crippen LogP contribution >= 0.6 is 24.0 Å². The molecular formula is C7H12Cl2N2. The van der Waals surface area contributed by atoms with Gasteiger partial charge in [-0.15, -0.1) is 24.0 Å². The van der Waals surface area contributed by atoms with E-state index in [0.29, 0.717) is 11.9 Å². The molecule has 1 aromatic rings. The van der Waals surface area contributed by atoms with E-state index in [2.05, 4.69) is 18.9 Å². The van der Waals surface area contributed by atoms with Crippen molar-refractivity contribution in [2.75, 3.05) is 0 Å². The van der Waals surface area contributed by atoms with E-state index in [9.17, 15) is 0 Å². The monoisotopic (exact) mass is 194 g/mol. The van der Waals surface area contributed by atoms with Crippen molar-refractivity contribution in [1.29, 1.82) is 0 Å². The summed E-state index contributed by atoms with van der Waals surface area (Å²) in [6, 6.07) is 2.34. The Balaban J connectivity index is 0.000001000. The SMILES string of the molecule is CC(C)n1nccc1CCl.Cl. The van der Waals surface area contributed by atoms with Crippen LogP contribution in [0.15, 0.2) is 12.3 Å². The highest BCUT2D eigenvalue weighted by Crippen LogP contribution is 2.09. The molecule has 64 valence electrons. The van der Waals surface area contributed by atoms with Gasteiger partial charge in [0.15, 0.2) is 0 Å². The Hall–Kier alpha value is -0.210. The third-order valence-electron chi connectivity index (χ3n) is 1.38. The largest absolute Gasteiger partial charge is 0.266 e. The van der Waals surface area contributed by atoms with Crippen molar-refractivity contribution in [3.8, 4) is 0 Å². The second-order valence-corrected chi connectivity index (χ2v) is 2.76. The van der Waals surface area contributed by atoms with Gasteiger partial charge in [-0.25, -0.2) is 0 Å². The number of halogens is 2. The molecule has 0 aromatic carbocycles. The van der Waals surface area contributed by atoms with Crippen LogP contribution in [0, 0.1) is 0 Å². The van der Waals surface area contributed by atoms with Gasteiger partial charge in [0.2, 0.25) is 0 Å². The third-order valence-corrected chi connectivity index (χ3v) is 1.65. The second-order valence-electron chi connectivity index (χ2n) is 2.49. The molecule has 0 bridgehead atoms. The lowest BCUT2D eigenvalue weighted by Crippen LogP contribution is -2.05. The molecule has 0 saturated carbocycles. The number of hydrogen-bond acceptors (Lipinski definition) is 1. The van der Waals surface area contributed by atoms with Crippen molar-refractivity contribution in [2.24, 2.45) is 0 Å². The molecule has 11 heavy (non-hydrogen) atoms. The molecule has 0 saturated heterocycles. The quantitative estimate of drug-likeness (QED) is 0.663. The van der Waals surface area contributed by atoms with Gasteiger partial charge in [-0.2, -0.15) is 5.10 Å². The van der Waals surface area contributed by atoms with E-state index >= 15 is 0 Å². The summed E-state index contributed by atoms with van der Waals surface area (Å²) in [5.74, 6) is 0.540. The molecule has 0 aliphatic heterocycles. The predicted molar refractivity (Wildman–Crippen MR) is 49.4 cm³/mol. The normalized spacial score (nSPS) is 9.82. The Labute approximate surface area is 78.0 Å². The van der Waals surface area contributed by atoms with Gasteiger partial charge in [-0.1, -0.05) is 0 Å². The highest BCUT2D eigenvalue weighted by atomic mass is 35.5. The smallest absolute Gasteiger partial charge is 0.0644 e. The maximum absolute atomic E-state index is 5.66. The Morgan fingerprint density at radius 3 is 2.64 bits per heavy atom. The fraction of sp³-hybridized carbons (Fsp3) is 0.571. The summed E-state index contributed by atoms with van der Waals surface area (Å²) in [6.45, 7) is 4.17. The van der Waals surface area contributed by atoms with Crippen LogP contribution in [-0.2, 0) is 5.88 Å². The summed E-state index contributed by atoms with van der Waals surface area (Å²) >= 11 is 5.66. The Morgan fingerprint density at radius 1 is 1.64 bits per heavy atom. The van der Waals surface area contributed by atoms with Gasteiger partial charge in [0.05, 0.1) is 11.6 Å². The first kappa shape index (κ1) is 10.8. The van der Waals surface area contributed by atoms with E-state index in [1.165, 1.54) is 0 Å². The fourth-order valence-electron chi connectivity index (χ4n) is 0.912. The summed E-state index contributed by atoms with van der Waals surface area (Å²) in [5.41, 5.74) is 1.08. The van der Waals surface area contributed by atoms with Gasteiger partial charge in [0.25, 0.3) is 0 Å². The average Bonchev–Trinajstić information content (AvgIpc) is 2.33. The summed E-state index contributed by atoms with van der Waals surface area (Å²) in [4.78, 5) is 0. The van der Waals surface area contributed by atoms with Crippen LogP contribution in [0.3, 0.4) is 0 Å². The molecule has 0 aliphatic carbocycles. The zero-order valence-corrected chi connectivity index (χ0v) is 8.19. The van der Waals surface area contributed by atoms with Crippen LogP contribution in [0.2, 0.25) is 0 Å². The van der Waals surface area contributed by atoms with Crippen LogP contribution in [0.4, 0.5) is 0 Å². The van der Waals surface area contributed by atoms with E-state index < -0.39 is 0 Å². The summed E-state index contributed by atoms with van der Waals surface area (Å²) in [7, 11) is 0. The Morgan fingerprint density at radius 2 is 2.27 bits per heavy atom. The Bertz CT molecular complexity index is 208. The molecule has 0 atom stereocenters. The number of rotatable bonds is 2. The molecule has 4 heteroatoms. The fourth-order valence-corrected chi connectivity index (χ4v) is 1.12. The standard InChI is InChI=1S/C7H11ClN2.ClH/c1-6(2)10-7(5-8)3-4-9-10;/h3-4,6H,5H2,1-2H3;1H. The topological polar surface area (TPSA) is 17.8 Å². The van der Waals surface area contributed by atoms with E-state index in [0.717, 1.165) is 5.69 Å². The first-order valence-corrected chi connectivity index (χ1v) is 3.87. The molecule has 0 N–H and O–H groups in total. The van der Waals surface area contributed by atoms with Crippen molar-refractivity contribution in [3.63, 3.8) is 0 Å². The minimum atomic E-state index is 0. The van der Waals surface area contributed by atoms with E-state index in [4.69, 9.17) is 11.6 Å². The second kappa shape index (κ2) is 4.62. The first-order chi connectivity index (χ1) is 4.75. The molecule has 0 unspecified atom stereocenters.